The molecule has 2 heterocycles. The van der Waals surface area contributed by atoms with Gasteiger partial charge in [0.2, 0.25) is 5.91 Å². The highest BCUT2D eigenvalue weighted by molar-refractivity contribution is 5.99. The molecule has 2 aromatic rings. The molecule has 124 valence electrons. The van der Waals surface area contributed by atoms with E-state index < -0.39 is 5.97 Å². The first kappa shape index (κ1) is 15.9. The van der Waals surface area contributed by atoms with Crippen molar-refractivity contribution in [1.82, 2.24) is 19.8 Å². The number of hydrogen-bond acceptors (Lipinski definition) is 6. The maximum absolute atomic E-state index is 12.6. The maximum Gasteiger partial charge on any atom is 0.325 e. The number of ether oxygens (including phenoxy) is 1. The molecule has 0 saturated carbocycles. The zero-order valence-electron chi connectivity index (χ0n) is 13.1. The number of aromatic nitrogens is 2. The molecular formula is C16H16N4O4. The van der Waals surface area contributed by atoms with Crippen LogP contribution in [0.2, 0.25) is 0 Å². The number of nitrogens with zero attached hydrogens (tertiary/aromatic N) is 4. The minimum absolute atomic E-state index is 0.0612. The molecule has 0 spiro atoms. The van der Waals surface area contributed by atoms with E-state index in [1.165, 1.54) is 16.9 Å². The summed E-state index contributed by atoms with van der Waals surface area (Å²) in [7, 11) is 1.27. The predicted molar refractivity (Wildman–Crippen MR) is 84.0 cm³/mol. The molecule has 2 amide bonds. The summed E-state index contributed by atoms with van der Waals surface area (Å²) < 4.78 is 4.56. The normalized spacial score (nSPS) is 14.8. The lowest BCUT2D eigenvalue weighted by Gasteiger charge is -2.33. The van der Waals surface area contributed by atoms with Crippen LogP contribution in [0, 0.1) is 0 Å². The van der Waals surface area contributed by atoms with Crippen LogP contribution in [0.3, 0.4) is 0 Å². The summed E-state index contributed by atoms with van der Waals surface area (Å²) in [5, 5.41) is 0. The topological polar surface area (TPSA) is 92.7 Å². The zero-order chi connectivity index (χ0) is 17.1. The Balaban J connectivity index is 1.71. The van der Waals surface area contributed by atoms with Crippen LogP contribution in [0.25, 0.3) is 11.0 Å². The summed E-state index contributed by atoms with van der Waals surface area (Å²) >= 11 is 0. The molecule has 0 atom stereocenters. The predicted octanol–water partition coefficient (Wildman–Crippen LogP) is 0.0872. The van der Waals surface area contributed by atoms with Crippen molar-refractivity contribution in [3.05, 3.63) is 36.2 Å². The molecule has 1 aliphatic heterocycles. The van der Waals surface area contributed by atoms with Crippen LogP contribution in [0.4, 0.5) is 0 Å². The van der Waals surface area contributed by atoms with Crippen LogP contribution in [-0.2, 0) is 14.3 Å². The second-order valence-electron chi connectivity index (χ2n) is 5.38. The summed E-state index contributed by atoms with van der Waals surface area (Å²) in [4.78, 5) is 47.2. The monoisotopic (exact) mass is 328 g/mol. The number of carbonyl (C=O) groups excluding carboxylic acids is 3. The zero-order valence-corrected chi connectivity index (χ0v) is 13.1. The molecule has 1 aromatic carbocycles. The van der Waals surface area contributed by atoms with E-state index in [1.807, 2.05) is 0 Å². The lowest BCUT2D eigenvalue weighted by atomic mass is 10.1. The van der Waals surface area contributed by atoms with E-state index >= 15 is 0 Å². The van der Waals surface area contributed by atoms with Gasteiger partial charge in [-0.05, 0) is 18.2 Å². The number of esters is 1. The second-order valence-corrected chi connectivity index (χ2v) is 5.38. The Morgan fingerprint density at radius 2 is 1.92 bits per heavy atom. The van der Waals surface area contributed by atoms with Crippen molar-refractivity contribution in [2.75, 3.05) is 33.3 Å². The van der Waals surface area contributed by atoms with E-state index in [1.54, 1.807) is 30.6 Å². The van der Waals surface area contributed by atoms with E-state index in [0.29, 0.717) is 29.7 Å². The van der Waals surface area contributed by atoms with E-state index in [4.69, 9.17) is 0 Å². The standard InChI is InChI=1S/C16H16N4O4/c1-24-15(22)10-19-6-7-20(9-14(19)21)16(23)11-2-3-12-13(8-11)18-5-4-17-12/h2-5,8H,6-7,9-10H2,1H3. The fourth-order valence-electron chi connectivity index (χ4n) is 2.55. The quantitative estimate of drug-likeness (QED) is 0.741. The highest BCUT2D eigenvalue weighted by Crippen LogP contribution is 2.14. The summed E-state index contributed by atoms with van der Waals surface area (Å²) in [6.45, 7) is 0.504. The first-order valence-corrected chi connectivity index (χ1v) is 7.43. The molecule has 0 aliphatic carbocycles. The molecule has 24 heavy (non-hydrogen) atoms. The third-order valence-electron chi connectivity index (χ3n) is 3.87. The van der Waals surface area contributed by atoms with Crippen LogP contribution in [0.5, 0.6) is 0 Å². The Morgan fingerprint density at radius 3 is 2.62 bits per heavy atom. The third-order valence-corrected chi connectivity index (χ3v) is 3.87. The fourth-order valence-corrected chi connectivity index (χ4v) is 2.55. The summed E-state index contributed by atoms with van der Waals surface area (Å²) in [5.74, 6) is -0.995. The highest BCUT2D eigenvalue weighted by Gasteiger charge is 2.29. The van der Waals surface area contributed by atoms with Crippen LogP contribution in [0.1, 0.15) is 10.4 Å². The van der Waals surface area contributed by atoms with Gasteiger partial charge in [0.25, 0.3) is 5.91 Å². The van der Waals surface area contributed by atoms with Gasteiger partial charge >= 0.3 is 5.97 Å². The minimum Gasteiger partial charge on any atom is -0.468 e. The van der Waals surface area contributed by atoms with Gasteiger partial charge in [0.1, 0.15) is 13.1 Å². The smallest absolute Gasteiger partial charge is 0.325 e. The van der Waals surface area contributed by atoms with E-state index in [0.717, 1.165) is 0 Å². The van der Waals surface area contributed by atoms with E-state index in [2.05, 4.69) is 14.7 Å². The van der Waals surface area contributed by atoms with Crippen molar-refractivity contribution in [3.8, 4) is 0 Å². The molecule has 0 unspecified atom stereocenters. The van der Waals surface area contributed by atoms with E-state index in [-0.39, 0.29) is 24.9 Å². The number of carbonyl (C=O) groups is 3. The molecular weight excluding hydrogens is 312 g/mol. The SMILES string of the molecule is COC(=O)CN1CCN(C(=O)c2ccc3nccnc3c2)CC1=O. The minimum atomic E-state index is -0.476. The van der Waals surface area contributed by atoms with Crippen LogP contribution in [-0.4, -0.2) is 70.8 Å². The second kappa shape index (κ2) is 6.61. The molecule has 1 fully saturated rings. The van der Waals surface area contributed by atoms with Crippen molar-refractivity contribution in [3.63, 3.8) is 0 Å². The molecule has 0 N–H and O–H groups in total. The Kier molecular flexibility index (Phi) is 4.37. The molecule has 1 saturated heterocycles. The molecule has 1 aliphatic rings. The van der Waals surface area contributed by atoms with Gasteiger partial charge in [-0.2, -0.15) is 0 Å². The van der Waals surface area contributed by atoms with Gasteiger partial charge in [-0.15, -0.1) is 0 Å². The number of fused-ring (bicyclic) bond motifs is 1. The molecule has 0 radical (unpaired) electrons. The number of rotatable bonds is 3. The number of methoxy groups -OCH3 is 1. The lowest BCUT2D eigenvalue weighted by molar-refractivity contribution is -0.148. The average molecular weight is 328 g/mol. The summed E-state index contributed by atoms with van der Waals surface area (Å²) in [5.41, 5.74) is 1.78. The Hall–Kier alpha value is -3.03. The number of hydrogen-bond donors (Lipinski definition) is 0. The first-order chi connectivity index (χ1) is 11.6. The van der Waals surface area contributed by atoms with Crippen LogP contribution >= 0.6 is 0 Å². The maximum atomic E-state index is 12.6. The van der Waals surface area contributed by atoms with Gasteiger partial charge in [-0.25, -0.2) is 0 Å². The average Bonchev–Trinajstić information content (AvgIpc) is 2.62. The van der Waals surface area contributed by atoms with Gasteiger partial charge in [-0.1, -0.05) is 0 Å². The molecule has 3 rings (SSSR count). The summed E-state index contributed by atoms with van der Waals surface area (Å²) in [6.07, 6.45) is 3.15. The molecule has 8 nitrogen and oxygen atoms in total. The Morgan fingerprint density at radius 1 is 1.17 bits per heavy atom. The van der Waals surface area contributed by atoms with Gasteiger partial charge in [0.15, 0.2) is 0 Å². The number of amides is 2. The molecule has 0 bridgehead atoms. The summed E-state index contributed by atoms with van der Waals surface area (Å²) in [6, 6.07) is 5.06. The first-order valence-electron chi connectivity index (χ1n) is 7.43. The Bertz CT molecular complexity index is 808. The highest BCUT2D eigenvalue weighted by atomic mass is 16.5. The van der Waals surface area contributed by atoms with Gasteiger partial charge in [0.05, 0.1) is 18.1 Å². The van der Waals surface area contributed by atoms with Gasteiger partial charge in [-0.3, -0.25) is 24.4 Å². The van der Waals surface area contributed by atoms with Crippen LogP contribution in [0.15, 0.2) is 30.6 Å². The van der Waals surface area contributed by atoms with Crippen molar-refractivity contribution < 1.29 is 19.1 Å². The van der Waals surface area contributed by atoms with E-state index in [9.17, 15) is 14.4 Å². The van der Waals surface area contributed by atoms with Crippen molar-refractivity contribution in [2.24, 2.45) is 0 Å². The lowest BCUT2D eigenvalue weighted by Crippen LogP contribution is -2.53. The number of benzene rings is 1. The fraction of sp³-hybridized carbons (Fsp3) is 0.312. The Labute approximate surface area is 138 Å². The molecule has 1 aromatic heterocycles. The number of piperazine rings is 1. The van der Waals surface area contributed by atoms with Crippen molar-refractivity contribution in [1.29, 1.82) is 0 Å². The largest absolute Gasteiger partial charge is 0.468 e. The van der Waals surface area contributed by atoms with Crippen molar-refractivity contribution in [2.45, 2.75) is 0 Å². The molecule has 8 heteroatoms. The van der Waals surface area contributed by atoms with Crippen molar-refractivity contribution >= 4 is 28.8 Å². The van der Waals surface area contributed by atoms with Gasteiger partial charge in [0, 0.05) is 31.0 Å². The van der Waals surface area contributed by atoms with Crippen LogP contribution < -0.4 is 0 Å². The van der Waals surface area contributed by atoms with Gasteiger partial charge < -0.3 is 14.5 Å². The third kappa shape index (κ3) is 3.17.